The van der Waals surface area contributed by atoms with Gasteiger partial charge in [-0.2, -0.15) is 4.68 Å². The van der Waals surface area contributed by atoms with Crippen molar-refractivity contribution in [3.8, 4) is 5.69 Å². The maximum Gasteiger partial charge on any atom is 0.250 e. The third kappa shape index (κ3) is 2.31. The Morgan fingerprint density at radius 3 is 2.79 bits per heavy atom. The second-order valence-corrected chi connectivity index (χ2v) is 5.10. The van der Waals surface area contributed by atoms with E-state index in [2.05, 4.69) is 27.3 Å². The second kappa shape index (κ2) is 4.97. The van der Waals surface area contributed by atoms with Crippen molar-refractivity contribution in [1.29, 1.82) is 0 Å². The summed E-state index contributed by atoms with van der Waals surface area (Å²) in [6.07, 6.45) is 0.975. The molecule has 2 atom stereocenters. The summed E-state index contributed by atoms with van der Waals surface area (Å²) >= 11 is 0. The van der Waals surface area contributed by atoms with E-state index in [0.29, 0.717) is 5.92 Å². The molecule has 0 spiro atoms. The molecule has 0 aliphatic carbocycles. The van der Waals surface area contributed by atoms with Crippen LogP contribution in [0.25, 0.3) is 5.69 Å². The molecular weight excluding hydrogens is 240 g/mol. The summed E-state index contributed by atoms with van der Waals surface area (Å²) in [5, 5.41) is 12.1. The summed E-state index contributed by atoms with van der Waals surface area (Å²) in [6, 6.07) is 10.2. The lowest BCUT2D eigenvalue weighted by Crippen LogP contribution is -2.46. The lowest BCUT2D eigenvalue weighted by Gasteiger charge is -2.35. The minimum atomic E-state index is 0.275. The van der Waals surface area contributed by atoms with E-state index in [1.54, 1.807) is 4.68 Å². The Labute approximate surface area is 112 Å². The number of nitrogens with two attached hydrogens (primary N) is 1. The smallest absolute Gasteiger partial charge is 0.250 e. The van der Waals surface area contributed by atoms with Gasteiger partial charge in [-0.3, -0.25) is 0 Å². The molecule has 1 fully saturated rings. The fourth-order valence-corrected chi connectivity index (χ4v) is 2.46. The molecule has 2 N–H and O–H groups in total. The average molecular weight is 258 g/mol. The summed E-state index contributed by atoms with van der Waals surface area (Å²) in [5.41, 5.74) is 7.03. The van der Waals surface area contributed by atoms with E-state index in [1.807, 2.05) is 30.3 Å². The standard InChI is InChI=1S/C13H18N6/c1-10-9-18(8-7-12(10)14)13-15-16-17-19(13)11-5-3-2-4-6-11/h2-6,10,12H,7-9,14H2,1H3. The van der Waals surface area contributed by atoms with Crippen molar-refractivity contribution in [1.82, 2.24) is 20.2 Å². The molecule has 1 aliphatic rings. The molecule has 19 heavy (non-hydrogen) atoms. The molecule has 3 rings (SSSR count). The van der Waals surface area contributed by atoms with Crippen molar-refractivity contribution in [2.75, 3.05) is 18.0 Å². The molecule has 1 saturated heterocycles. The summed E-state index contributed by atoms with van der Waals surface area (Å²) in [7, 11) is 0. The quantitative estimate of drug-likeness (QED) is 0.864. The van der Waals surface area contributed by atoms with Gasteiger partial charge in [0.15, 0.2) is 0 Å². The average Bonchev–Trinajstić information content (AvgIpc) is 2.92. The monoisotopic (exact) mass is 258 g/mol. The molecule has 2 unspecified atom stereocenters. The first-order valence-corrected chi connectivity index (χ1v) is 6.60. The highest BCUT2D eigenvalue weighted by molar-refractivity contribution is 5.40. The first-order valence-electron chi connectivity index (χ1n) is 6.60. The molecule has 100 valence electrons. The van der Waals surface area contributed by atoms with Gasteiger partial charge >= 0.3 is 0 Å². The zero-order chi connectivity index (χ0) is 13.2. The minimum Gasteiger partial charge on any atom is -0.339 e. The number of rotatable bonds is 2. The number of anilines is 1. The van der Waals surface area contributed by atoms with Crippen molar-refractivity contribution in [2.24, 2.45) is 11.7 Å². The van der Waals surface area contributed by atoms with Crippen LogP contribution in [-0.2, 0) is 0 Å². The Morgan fingerprint density at radius 1 is 1.26 bits per heavy atom. The van der Waals surface area contributed by atoms with Crippen LogP contribution in [0.5, 0.6) is 0 Å². The minimum absolute atomic E-state index is 0.275. The Hall–Kier alpha value is -1.95. The third-order valence-corrected chi connectivity index (χ3v) is 3.71. The Morgan fingerprint density at radius 2 is 2.05 bits per heavy atom. The predicted octanol–water partition coefficient (Wildman–Crippen LogP) is 0.836. The van der Waals surface area contributed by atoms with Crippen LogP contribution in [0.4, 0.5) is 5.95 Å². The van der Waals surface area contributed by atoms with Crippen LogP contribution >= 0.6 is 0 Å². The van der Waals surface area contributed by atoms with Gasteiger partial charge in [-0.05, 0) is 34.9 Å². The van der Waals surface area contributed by atoms with Crippen LogP contribution in [-0.4, -0.2) is 39.3 Å². The highest BCUT2D eigenvalue weighted by Gasteiger charge is 2.26. The molecule has 0 saturated carbocycles. The van der Waals surface area contributed by atoms with Crippen LogP contribution < -0.4 is 10.6 Å². The maximum atomic E-state index is 6.06. The molecular formula is C13H18N6. The van der Waals surface area contributed by atoms with Gasteiger partial charge in [0.25, 0.3) is 0 Å². The van der Waals surface area contributed by atoms with Gasteiger partial charge < -0.3 is 10.6 Å². The number of piperidine rings is 1. The van der Waals surface area contributed by atoms with Crippen LogP contribution in [0.1, 0.15) is 13.3 Å². The lowest BCUT2D eigenvalue weighted by molar-refractivity contribution is 0.378. The fraction of sp³-hybridized carbons (Fsp3) is 0.462. The topological polar surface area (TPSA) is 72.9 Å². The lowest BCUT2D eigenvalue weighted by atomic mass is 9.95. The van der Waals surface area contributed by atoms with Gasteiger partial charge in [0.05, 0.1) is 5.69 Å². The van der Waals surface area contributed by atoms with Crippen molar-refractivity contribution in [3.63, 3.8) is 0 Å². The van der Waals surface area contributed by atoms with E-state index in [-0.39, 0.29) is 6.04 Å². The summed E-state index contributed by atoms with van der Waals surface area (Å²) in [6.45, 7) is 3.97. The summed E-state index contributed by atoms with van der Waals surface area (Å²) in [5.74, 6) is 1.25. The summed E-state index contributed by atoms with van der Waals surface area (Å²) in [4.78, 5) is 2.21. The predicted molar refractivity (Wildman–Crippen MR) is 73.1 cm³/mol. The van der Waals surface area contributed by atoms with Crippen LogP contribution in [0.2, 0.25) is 0 Å². The van der Waals surface area contributed by atoms with Gasteiger partial charge in [-0.15, -0.1) is 0 Å². The van der Waals surface area contributed by atoms with E-state index in [1.165, 1.54) is 0 Å². The first kappa shape index (κ1) is 12.1. The number of benzene rings is 1. The number of nitrogens with zero attached hydrogens (tertiary/aromatic N) is 5. The molecule has 0 bridgehead atoms. The number of hydrogen-bond acceptors (Lipinski definition) is 5. The Kier molecular flexibility index (Phi) is 3.16. The van der Waals surface area contributed by atoms with Crippen LogP contribution in [0.3, 0.4) is 0 Å². The molecule has 2 aromatic rings. The van der Waals surface area contributed by atoms with Gasteiger partial charge in [0, 0.05) is 19.1 Å². The number of aromatic nitrogens is 4. The van der Waals surface area contributed by atoms with Gasteiger partial charge in [-0.25, -0.2) is 0 Å². The maximum absolute atomic E-state index is 6.06. The molecule has 2 heterocycles. The van der Waals surface area contributed by atoms with E-state index in [4.69, 9.17) is 5.73 Å². The van der Waals surface area contributed by atoms with E-state index in [0.717, 1.165) is 31.1 Å². The van der Waals surface area contributed by atoms with Crippen LogP contribution in [0, 0.1) is 5.92 Å². The first-order chi connectivity index (χ1) is 9.25. The molecule has 6 nitrogen and oxygen atoms in total. The zero-order valence-electron chi connectivity index (χ0n) is 11.0. The van der Waals surface area contributed by atoms with Crippen molar-refractivity contribution in [2.45, 2.75) is 19.4 Å². The van der Waals surface area contributed by atoms with Crippen molar-refractivity contribution >= 4 is 5.95 Å². The normalized spacial score (nSPS) is 23.6. The van der Waals surface area contributed by atoms with Crippen molar-refractivity contribution < 1.29 is 0 Å². The molecule has 1 aliphatic heterocycles. The molecule has 1 aromatic carbocycles. The third-order valence-electron chi connectivity index (χ3n) is 3.71. The molecule has 1 aromatic heterocycles. The molecule has 6 heteroatoms. The highest BCUT2D eigenvalue weighted by Crippen LogP contribution is 2.21. The van der Waals surface area contributed by atoms with Gasteiger partial charge in [0.2, 0.25) is 5.95 Å². The zero-order valence-corrected chi connectivity index (χ0v) is 11.0. The van der Waals surface area contributed by atoms with Gasteiger partial charge in [0.1, 0.15) is 0 Å². The summed E-state index contributed by atoms with van der Waals surface area (Å²) < 4.78 is 1.78. The second-order valence-electron chi connectivity index (χ2n) is 5.10. The largest absolute Gasteiger partial charge is 0.339 e. The Bertz CT molecular complexity index is 537. The number of tetrazole rings is 1. The number of hydrogen-bond donors (Lipinski definition) is 1. The molecule has 0 radical (unpaired) electrons. The van der Waals surface area contributed by atoms with E-state index in [9.17, 15) is 0 Å². The SMILES string of the molecule is CC1CN(c2nnnn2-c2ccccc2)CCC1N. The van der Waals surface area contributed by atoms with Crippen molar-refractivity contribution in [3.05, 3.63) is 30.3 Å². The van der Waals surface area contributed by atoms with Gasteiger partial charge in [-0.1, -0.05) is 30.2 Å². The van der Waals surface area contributed by atoms with E-state index >= 15 is 0 Å². The number of para-hydroxylation sites is 1. The van der Waals surface area contributed by atoms with Crippen LogP contribution in [0.15, 0.2) is 30.3 Å². The molecule has 0 amide bonds. The highest BCUT2D eigenvalue weighted by atomic mass is 15.6. The Balaban J connectivity index is 1.89. The van der Waals surface area contributed by atoms with E-state index < -0.39 is 0 Å². The fourth-order valence-electron chi connectivity index (χ4n) is 2.46.